The van der Waals surface area contributed by atoms with Gasteiger partial charge in [-0.15, -0.1) is 0 Å². The third kappa shape index (κ3) is 6.07. The summed E-state index contributed by atoms with van der Waals surface area (Å²) in [6.45, 7) is 7.37. The second-order valence-electron chi connectivity index (χ2n) is 7.75. The van der Waals surface area contributed by atoms with Gasteiger partial charge in [0.25, 0.3) is 5.91 Å². The molecule has 0 aliphatic carbocycles. The Balaban J connectivity index is 2.43. The van der Waals surface area contributed by atoms with E-state index in [1.54, 1.807) is 38.1 Å². The lowest BCUT2D eigenvalue weighted by Crippen LogP contribution is -2.45. The first-order valence-corrected chi connectivity index (χ1v) is 11.5. The summed E-state index contributed by atoms with van der Waals surface area (Å²) in [5.74, 6) is 0.355. The highest BCUT2D eigenvalue weighted by Crippen LogP contribution is 2.26. The molecule has 1 aromatic rings. The molecule has 2 rings (SSSR count). The van der Waals surface area contributed by atoms with Crippen molar-refractivity contribution in [2.24, 2.45) is 5.92 Å². The molecule has 1 aliphatic rings. The molecule has 1 N–H and O–H groups in total. The van der Waals surface area contributed by atoms with Crippen molar-refractivity contribution in [3.8, 4) is 5.75 Å². The molecule has 164 valence electrons. The Morgan fingerprint density at radius 1 is 1.24 bits per heavy atom. The lowest BCUT2D eigenvalue weighted by atomic mass is 10.0. The average Bonchev–Trinajstić information content (AvgIpc) is 2.68. The minimum absolute atomic E-state index is 0.0499. The third-order valence-electron chi connectivity index (χ3n) is 5.41. The predicted molar refractivity (Wildman–Crippen MR) is 114 cm³/mol. The number of amides is 1. The van der Waals surface area contributed by atoms with Crippen molar-refractivity contribution in [2.45, 2.75) is 32.9 Å². The van der Waals surface area contributed by atoms with E-state index in [1.807, 2.05) is 7.05 Å². The number of methoxy groups -OCH3 is 1. The van der Waals surface area contributed by atoms with E-state index in [9.17, 15) is 13.2 Å². The van der Waals surface area contributed by atoms with Gasteiger partial charge in [-0.2, -0.15) is 0 Å². The first-order valence-electron chi connectivity index (χ1n) is 9.83. The van der Waals surface area contributed by atoms with Gasteiger partial charge >= 0.3 is 0 Å². The summed E-state index contributed by atoms with van der Waals surface area (Å²) in [7, 11) is 1.96. The Kier molecular flexibility index (Phi) is 7.90. The van der Waals surface area contributed by atoms with E-state index in [4.69, 9.17) is 9.47 Å². The molecule has 0 unspecified atom stereocenters. The number of likely N-dealkylation sites (N-methyl/N-ethyl adjacent to an activating group) is 2. The molecule has 0 saturated carbocycles. The Labute approximate surface area is 174 Å². The van der Waals surface area contributed by atoms with Crippen LogP contribution in [-0.2, 0) is 14.8 Å². The van der Waals surface area contributed by atoms with Crippen LogP contribution in [0.2, 0.25) is 0 Å². The summed E-state index contributed by atoms with van der Waals surface area (Å²) in [4.78, 5) is 17.0. The van der Waals surface area contributed by atoms with Crippen molar-refractivity contribution < 1.29 is 22.7 Å². The van der Waals surface area contributed by atoms with Gasteiger partial charge in [-0.25, -0.2) is 8.42 Å². The number of nitrogens with zero attached hydrogens (tertiary/aromatic N) is 2. The molecule has 9 heteroatoms. The zero-order valence-electron chi connectivity index (χ0n) is 18.1. The molecule has 29 heavy (non-hydrogen) atoms. The molecule has 0 bridgehead atoms. The summed E-state index contributed by atoms with van der Waals surface area (Å²) < 4.78 is 38.0. The first-order chi connectivity index (χ1) is 13.6. The minimum atomic E-state index is -3.45. The predicted octanol–water partition coefficient (Wildman–Crippen LogP) is 1.88. The third-order valence-corrected chi connectivity index (χ3v) is 6.72. The Hall–Kier alpha value is -1.84. The number of hydrogen-bond acceptors (Lipinski definition) is 6. The number of fused-ring (bicyclic) bond motifs is 1. The van der Waals surface area contributed by atoms with Gasteiger partial charge in [0, 0.05) is 39.0 Å². The van der Waals surface area contributed by atoms with Crippen molar-refractivity contribution in [1.82, 2.24) is 9.80 Å². The minimum Gasteiger partial charge on any atom is -0.491 e. The second-order valence-corrected chi connectivity index (χ2v) is 9.76. The molecule has 0 aromatic heterocycles. The van der Waals surface area contributed by atoms with Gasteiger partial charge in [0.2, 0.25) is 10.0 Å². The normalized spacial score (nSPS) is 24.8. The number of ether oxygens (including phenoxy) is 2. The molecular formula is C20H33N3O5S. The number of rotatable bonds is 4. The van der Waals surface area contributed by atoms with Gasteiger partial charge < -0.3 is 14.4 Å². The maximum atomic E-state index is 13.2. The van der Waals surface area contributed by atoms with Crippen LogP contribution in [0.5, 0.6) is 5.75 Å². The van der Waals surface area contributed by atoms with Crippen LogP contribution in [-0.4, -0.2) is 82.9 Å². The van der Waals surface area contributed by atoms with E-state index in [2.05, 4.69) is 23.5 Å². The van der Waals surface area contributed by atoms with Crippen LogP contribution >= 0.6 is 0 Å². The largest absolute Gasteiger partial charge is 0.491 e. The van der Waals surface area contributed by atoms with Crippen LogP contribution in [0.15, 0.2) is 18.2 Å². The molecule has 0 saturated heterocycles. The number of benzene rings is 1. The van der Waals surface area contributed by atoms with E-state index in [0.29, 0.717) is 30.2 Å². The average molecular weight is 428 g/mol. The standard InChI is InChI=1S/C20H33N3O5S/c1-7-29(25,26)21-16-8-9-18-17(10-16)20(24)23(5)12-19(27-6)14(2)11-22(4)15(3)13-28-18/h8-10,14-15,19,21H,7,11-13H2,1-6H3/t14-,15+,19+/m0/s1. The lowest BCUT2D eigenvalue weighted by molar-refractivity contribution is 0.0150. The molecule has 3 atom stereocenters. The molecule has 0 radical (unpaired) electrons. The Morgan fingerprint density at radius 2 is 1.93 bits per heavy atom. The van der Waals surface area contributed by atoms with Gasteiger partial charge in [0.1, 0.15) is 12.4 Å². The molecular weight excluding hydrogens is 394 g/mol. The summed E-state index contributed by atoms with van der Waals surface area (Å²) in [5, 5.41) is 0. The van der Waals surface area contributed by atoms with Gasteiger partial charge in [-0.3, -0.25) is 14.4 Å². The molecule has 1 heterocycles. The highest BCUT2D eigenvalue weighted by atomic mass is 32.2. The van der Waals surface area contributed by atoms with Gasteiger partial charge in [0.05, 0.1) is 17.4 Å². The molecule has 1 aliphatic heterocycles. The zero-order chi connectivity index (χ0) is 21.8. The topological polar surface area (TPSA) is 88.2 Å². The number of sulfonamides is 1. The van der Waals surface area contributed by atoms with Crippen molar-refractivity contribution in [2.75, 3.05) is 51.4 Å². The van der Waals surface area contributed by atoms with Crippen molar-refractivity contribution in [3.63, 3.8) is 0 Å². The van der Waals surface area contributed by atoms with Crippen LogP contribution < -0.4 is 9.46 Å². The molecule has 1 amide bonds. The summed E-state index contributed by atoms with van der Waals surface area (Å²) in [5.41, 5.74) is 0.659. The van der Waals surface area contributed by atoms with Gasteiger partial charge in [-0.05, 0) is 45.0 Å². The maximum absolute atomic E-state index is 13.2. The first kappa shape index (κ1) is 23.4. The number of carbonyl (C=O) groups is 1. The van der Waals surface area contributed by atoms with Crippen molar-refractivity contribution in [1.29, 1.82) is 0 Å². The number of nitrogens with one attached hydrogen (secondary N) is 1. The van der Waals surface area contributed by atoms with Crippen molar-refractivity contribution in [3.05, 3.63) is 23.8 Å². The molecule has 0 spiro atoms. The fraction of sp³-hybridized carbons (Fsp3) is 0.650. The van der Waals surface area contributed by atoms with E-state index in [1.165, 1.54) is 6.07 Å². The number of anilines is 1. The van der Waals surface area contributed by atoms with E-state index in [-0.39, 0.29) is 29.7 Å². The summed E-state index contributed by atoms with van der Waals surface area (Å²) >= 11 is 0. The Bertz CT molecular complexity index is 814. The van der Waals surface area contributed by atoms with Crippen LogP contribution in [0.3, 0.4) is 0 Å². The van der Waals surface area contributed by atoms with Crippen LogP contribution in [0.1, 0.15) is 31.1 Å². The summed E-state index contributed by atoms with van der Waals surface area (Å²) in [6.07, 6.45) is -0.121. The smallest absolute Gasteiger partial charge is 0.257 e. The highest BCUT2D eigenvalue weighted by Gasteiger charge is 2.27. The highest BCUT2D eigenvalue weighted by molar-refractivity contribution is 7.92. The van der Waals surface area contributed by atoms with Crippen LogP contribution in [0, 0.1) is 5.92 Å². The fourth-order valence-corrected chi connectivity index (χ4v) is 3.90. The fourth-order valence-electron chi connectivity index (χ4n) is 3.27. The SMILES string of the molecule is CCS(=O)(=O)Nc1ccc2c(c1)C(=O)N(C)C[C@@H](OC)[C@@H](C)CN(C)[C@H](C)CO2. The molecule has 1 aromatic carbocycles. The monoisotopic (exact) mass is 427 g/mol. The maximum Gasteiger partial charge on any atom is 0.257 e. The van der Waals surface area contributed by atoms with Crippen molar-refractivity contribution >= 4 is 21.6 Å². The van der Waals surface area contributed by atoms with Crippen LogP contribution in [0.25, 0.3) is 0 Å². The van der Waals surface area contributed by atoms with Gasteiger partial charge in [0.15, 0.2) is 0 Å². The van der Waals surface area contributed by atoms with Gasteiger partial charge in [-0.1, -0.05) is 6.92 Å². The number of hydrogen-bond donors (Lipinski definition) is 1. The van der Waals surface area contributed by atoms with Crippen LogP contribution in [0.4, 0.5) is 5.69 Å². The molecule has 8 nitrogen and oxygen atoms in total. The van der Waals surface area contributed by atoms with E-state index in [0.717, 1.165) is 6.54 Å². The zero-order valence-corrected chi connectivity index (χ0v) is 19.0. The molecule has 0 fully saturated rings. The quantitative estimate of drug-likeness (QED) is 0.789. The number of carbonyl (C=O) groups excluding carboxylic acids is 1. The van der Waals surface area contributed by atoms with E-state index >= 15 is 0 Å². The lowest BCUT2D eigenvalue weighted by Gasteiger charge is -2.34. The van der Waals surface area contributed by atoms with E-state index < -0.39 is 10.0 Å². The summed E-state index contributed by atoms with van der Waals surface area (Å²) in [6, 6.07) is 4.92. The second kappa shape index (κ2) is 9.77. The Morgan fingerprint density at radius 3 is 2.55 bits per heavy atom.